The normalized spacial score (nSPS) is 30.5. The number of hydrogen-bond acceptors (Lipinski definition) is 14. The summed E-state index contributed by atoms with van der Waals surface area (Å²) in [4.78, 5) is 0. The molecule has 4 unspecified atom stereocenters. The summed E-state index contributed by atoms with van der Waals surface area (Å²) in [6.07, 6.45) is 0. The van der Waals surface area contributed by atoms with Gasteiger partial charge in [0.1, 0.15) is 39.1 Å². The van der Waals surface area contributed by atoms with E-state index in [-0.39, 0.29) is 6.04 Å². The van der Waals surface area contributed by atoms with Crippen LogP contribution in [0.5, 0.6) is 0 Å². The Morgan fingerprint density at radius 1 is 0.253 bits per heavy atom. The van der Waals surface area contributed by atoms with E-state index in [1.54, 1.807) is 0 Å². The first-order chi connectivity index (χ1) is 38.6. The van der Waals surface area contributed by atoms with Gasteiger partial charge >= 0.3 is 70.4 Å². The highest BCUT2D eigenvalue weighted by molar-refractivity contribution is 7.09. The first kappa shape index (κ1) is 56.7. The van der Waals surface area contributed by atoms with E-state index in [0.717, 1.165) is 5.56 Å². The molecule has 12 rings (SSSR count). The third kappa shape index (κ3) is 11.4. The fourth-order valence-electron chi connectivity index (χ4n) is 9.97. The zero-order chi connectivity index (χ0) is 54.3. The van der Waals surface area contributed by atoms with Crippen molar-refractivity contribution < 1.29 is 57.6 Å². The van der Waals surface area contributed by atoms with Crippen molar-refractivity contribution >= 4 is 146 Å². The van der Waals surface area contributed by atoms with Crippen LogP contribution in [0.25, 0.3) is 0 Å². The molecule has 0 N–H and O–H groups in total. The van der Waals surface area contributed by atoms with Crippen molar-refractivity contribution in [1.29, 1.82) is 0 Å². The molecule has 8 aromatic rings. The molecule has 4 aliphatic heterocycles. The second-order valence-electron chi connectivity index (χ2n) is 18.6. The van der Waals surface area contributed by atoms with Crippen LogP contribution in [0.3, 0.4) is 0 Å². The Bertz CT molecular complexity index is 3110. The van der Waals surface area contributed by atoms with Crippen LogP contribution in [0.4, 0.5) is 0 Å². The molecule has 0 saturated carbocycles. The summed E-state index contributed by atoms with van der Waals surface area (Å²) in [5.41, 5.74) is 0.831. The summed E-state index contributed by atoms with van der Waals surface area (Å²) in [6.45, 7) is 8.22. The summed E-state index contributed by atoms with van der Waals surface area (Å²) < 4.78 is 114. The monoisotopic (exact) mass is 1260 g/mol. The van der Waals surface area contributed by atoms with E-state index in [1.807, 2.05) is 243 Å². The van der Waals surface area contributed by atoms with Crippen LogP contribution in [-0.4, -0.2) is 109 Å². The number of benzene rings is 8. The number of hydrogen-bond donors (Lipinski definition) is 0. The van der Waals surface area contributed by atoms with E-state index in [1.165, 1.54) is 0 Å². The average molecular weight is 1260 g/mol. The highest BCUT2D eigenvalue weighted by atomic mass is 28.6. The summed E-state index contributed by atoms with van der Waals surface area (Å²) in [7, 11) is -44.3. The van der Waals surface area contributed by atoms with Gasteiger partial charge in [-0.3, -0.25) is 0 Å². The van der Waals surface area contributed by atoms with Gasteiger partial charge in [-0.05, 0) is 5.56 Å². The average Bonchev–Trinajstić information content (AvgIpc) is 3.58. The Hall–Kier alpha value is -4.20. The lowest BCUT2D eigenvalue weighted by atomic mass is 10.2. The quantitative estimate of drug-likeness (QED) is 0.124. The smallest absolute Gasteiger partial charge is 0.419 e. The van der Waals surface area contributed by atoms with Gasteiger partial charge in [-0.2, -0.15) is 0 Å². The van der Waals surface area contributed by atoms with E-state index in [9.17, 15) is 0 Å². The fraction of sp³-hybridized carbons (Fsp3) is 0.0943. The third-order valence-corrected chi connectivity index (χ3v) is 54.1. The fourth-order valence-corrected chi connectivity index (χ4v) is 62.1. The van der Waals surface area contributed by atoms with Crippen LogP contribution in [0, 0.1) is 0 Å². The van der Waals surface area contributed by atoms with Gasteiger partial charge in [-0.15, -0.1) is 0 Å². The van der Waals surface area contributed by atoms with Gasteiger partial charge in [0.2, 0.25) is 0 Å². The van der Waals surface area contributed by atoms with Gasteiger partial charge in [0.15, 0.2) is 0 Å². The van der Waals surface area contributed by atoms with E-state index < -0.39 is 109 Å². The van der Waals surface area contributed by atoms with Crippen molar-refractivity contribution in [2.75, 3.05) is 0 Å². The van der Waals surface area contributed by atoms with Crippen molar-refractivity contribution in [2.24, 2.45) is 0 Å². The lowest BCUT2D eigenvalue weighted by Crippen LogP contribution is -2.89. The topological polar surface area (TPSA) is 129 Å². The zero-order valence-electron chi connectivity index (χ0n) is 44.3. The van der Waals surface area contributed by atoms with Crippen LogP contribution in [0.15, 0.2) is 243 Å². The van der Waals surface area contributed by atoms with E-state index in [0.29, 0.717) is 36.3 Å². The van der Waals surface area contributed by atoms with Crippen LogP contribution in [0.2, 0.25) is 26.2 Å². The highest BCUT2D eigenvalue weighted by Gasteiger charge is 2.79. The first-order valence-corrected chi connectivity index (χ1v) is 48.6. The Balaban J connectivity index is 1.39. The molecular weight excluding hydrogens is 1200 g/mol. The standard InChI is InChI=1S/C53H62O14Si12/c1-68-54-73(47-31-15-6-16-32-47)58-72(45-46-29-13-5-14-30-46)59-74(55-69-2,48-33-17-7-18-34-48)62-78(61-73,52-41-25-11-26-42-52)67-79(53-43-27-12-28-44-53)65-75(56-70-3,49-35-19-8-20-36-49)63-77(60-72,51-39-23-10-24-40-51)64-76(66-79,57-71-4)50-37-21-9-22-38-50/h5-44H,45,68-71H2,1-4H3. The molecule has 14 nitrogen and oxygen atoms in total. The molecule has 0 radical (unpaired) electrons. The van der Waals surface area contributed by atoms with Crippen molar-refractivity contribution in [3.05, 3.63) is 248 Å². The minimum atomic E-state index is -5.03. The van der Waals surface area contributed by atoms with Crippen LogP contribution < -0.4 is 36.3 Å². The van der Waals surface area contributed by atoms with Gasteiger partial charge in [0, 0.05) is 42.4 Å². The van der Waals surface area contributed by atoms with E-state index in [4.69, 9.17) is 57.6 Å². The van der Waals surface area contributed by atoms with Crippen molar-refractivity contribution in [2.45, 2.75) is 32.2 Å². The molecule has 4 aliphatic rings. The minimum Gasteiger partial charge on any atom is -0.419 e. The molecule has 4 fully saturated rings. The second kappa shape index (κ2) is 24.3. The molecule has 0 amide bonds. The summed E-state index contributed by atoms with van der Waals surface area (Å²) in [6, 6.07) is 78.5. The molecule has 26 heteroatoms. The third-order valence-electron chi connectivity index (χ3n) is 13.2. The molecule has 0 aliphatic carbocycles. The summed E-state index contributed by atoms with van der Waals surface area (Å²) >= 11 is 0. The van der Waals surface area contributed by atoms with Crippen LogP contribution in [-0.2, 0) is 63.7 Å². The van der Waals surface area contributed by atoms with Gasteiger partial charge in [0.25, 0.3) is 0 Å². The molecule has 79 heavy (non-hydrogen) atoms. The maximum Gasteiger partial charge on any atom is 0.515 e. The summed E-state index contributed by atoms with van der Waals surface area (Å²) in [5, 5.41) is 4.18. The Labute approximate surface area is 480 Å². The molecule has 0 aromatic heterocycles. The zero-order valence-corrected chi connectivity index (χ0v) is 58.0. The molecule has 4 atom stereocenters. The molecule has 406 valence electrons. The Kier molecular flexibility index (Phi) is 17.4. The molecule has 4 heterocycles. The first-order valence-electron chi connectivity index (χ1n) is 26.6. The predicted molar refractivity (Wildman–Crippen MR) is 332 cm³/mol. The molecule has 4 bridgehead atoms. The lowest BCUT2D eigenvalue weighted by molar-refractivity contribution is 0.0461. The van der Waals surface area contributed by atoms with Gasteiger partial charge in [0.05, 0.1) is 0 Å². The van der Waals surface area contributed by atoms with Crippen LogP contribution >= 0.6 is 0 Å². The Morgan fingerprint density at radius 3 is 0.722 bits per heavy atom. The van der Waals surface area contributed by atoms with Crippen molar-refractivity contribution in [3.8, 4) is 0 Å². The minimum absolute atomic E-state index is 0.0407. The summed E-state index contributed by atoms with van der Waals surface area (Å²) in [5.74, 6) is 0. The molecule has 0 spiro atoms. The molecule has 8 aromatic carbocycles. The van der Waals surface area contributed by atoms with E-state index >= 15 is 0 Å². The van der Waals surface area contributed by atoms with E-state index in [2.05, 4.69) is 26.2 Å². The van der Waals surface area contributed by atoms with Crippen molar-refractivity contribution in [1.82, 2.24) is 0 Å². The SMILES string of the molecule is C[SiH2]O[Si]1(c2ccccc2)O[Si]2(Cc3ccccc3)O[Si](O[SiH2]C)(c3ccccc3)O[Si](c3ccccc3)(O1)O[Si]1(c3ccccc3)O[Si](O[SiH2]C)(c3ccccc3)O[Si](c3ccccc3)(O2)O[Si](O[SiH2]C)(c2ccccc2)O1. The number of fused-ring (bicyclic) bond motifs is 4. The maximum absolute atomic E-state index is 8.53. The van der Waals surface area contributed by atoms with Gasteiger partial charge in [-0.25, -0.2) is 0 Å². The number of rotatable bonds is 17. The second-order valence-corrected chi connectivity index (χ2v) is 47.2. The maximum atomic E-state index is 8.53. The lowest BCUT2D eigenvalue weighted by Gasteiger charge is -2.57. The van der Waals surface area contributed by atoms with Crippen LogP contribution in [0.1, 0.15) is 5.56 Å². The molecular formula is C53H62O14Si12. The van der Waals surface area contributed by atoms with Gasteiger partial charge < -0.3 is 57.6 Å². The van der Waals surface area contributed by atoms with Gasteiger partial charge in [-0.1, -0.05) is 269 Å². The highest BCUT2D eigenvalue weighted by Crippen LogP contribution is 2.43. The largest absolute Gasteiger partial charge is 0.515 e. The van der Waals surface area contributed by atoms with Crippen molar-refractivity contribution in [3.63, 3.8) is 0 Å². The Morgan fingerprint density at radius 2 is 0.468 bits per heavy atom. The predicted octanol–water partition coefficient (Wildman–Crippen LogP) is 2.43. The molecule has 4 saturated heterocycles.